The van der Waals surface area contributed by atoms with Crippen LogP contribution in [0.2, 0.25) is 0 Å². The van der Waals surface area contributed by atoms with Gasteiger partial charge in [-0.3, -0.25) is 14.8 Å². The van der Waals surface area contributed by atoms with E-state index in [1.165, 1.54) is 17.6 Å². The number of allylic oxidation sites excluding steroid dienone is 10. The third-order valence-corrected chi connectivity index (χ3v) is 11.6. The van der Waals surface area contributed by atoms with Gasteiger partial charge >= 0.3 is 0 Å². The van der Waals surface area contributed by atoms with Crippen LogP contribution in [0.5, 0.6) is 0 Å². The fourth-order valence-corrected chi connectivity index (χ4v) is 8.42. The number of oxazole rings is 1. The van der Waals surface area contributed by atoms with E-state index in [4.69, 9.17) is 24.1 Å². The summed E-state index contributed by atoms with van der Waals surface area (Å²) in [7, 11) is 0. The van der Waals surface area contributed by atoms with Gasteiger partial charge in [-0.1, -0.05) is 85.3 Å². The number of aromatic nitrogens is 1. The molecule has 1 aromatic rings. The predicted octanol–water partition coefficient (Wildman–Crippen LogP) is 9.04. The summed E-state index contributed by atoms with van der Waals surface area (Å²) in [6.07, 6.45) is 30.0. The molecule has 1 saturated heterocycles. The number of hydroxylamine groups is 1. The van der Waals surface area contributed by atoms with Crippen molar-refractivity contribution >= 4 is 34.7 Å². The van der Waals surface area contributed by atoms with E-state index in [0.717, 1.165) is 79.7 Å². The molecule has 290 valence electrons. The van der Waals surface area contributed by atoms with E-state index >= 15 is 0 Å². The minimum Gasteiger partial charge on any atom is -0.431 e. The highest BCUT2D eigenvalue weighted by atomic mass is 32.2. The fourth-order valence-electron chi connectivity index (χ4n) is 7.58. The molecule has 0 saturated carbocycles. The van der Waals surface area contributed by atoms with Gasteiger partial charge in [-0.2, -0.15) is 4.91 Å². The maximum atomic E-state index is 12.6. The quantitative estimate of drug-likeness (QED) is 0.0465. The number of thioether (sulfide) groups is 1. The van der Waals surface area contributed by atoms with Crippen molar-refractivity contribution in [2.45, 2.75) is 127 Å². The predicted molar refractivity (Wildman–Crippen MR) is 210 cm³/mol. The molecule has 6 rings (SSSR count). The zero-order chi connectivity index (χ0) is 37.7. The van der Waals surface area contributed by atoms with Crippen LogP contribution >= 0.6 is 11.8 Å². The topological polar surface area (TPSA) is 152 Å². The second-order valence-corrected chi connectivity index (χ2v) is 16.0. The van der Waals surface area contributed by atoms with Gasteiger partial charge in [-0.25, -0.2) is 10.5 Å². The van der Waals surface area contributed by atoms with E-state index < -0.39 is 6.29 Å². The van der Waals surface area contributed by atoms with Crippen LogP contribution < -0.4 is 10.8 Å². The maximum Gasteiger partial charge on any atom is 0.256 e. The van der Waals surface area contributed by atoms with Gasteiger partial charge in [0.2, 0.25) is 11.8 Å². The number of nitrogens with zero attached hydrogens (tertiary/aromatic N) is 2. The molecule has 2 heterocycles. The zero-order valence-electron chi connectivity index (χ0n) is 31.3. The highest BCUT2D eigenvalue weighted by molar-refractivity contribution is 7.99. The van der Waals surface area contributed by atoms with Crippen molar-refractivity contribution in [3.63, 3.8) is 0 Å². The maximum absolute atomic E-state index is 12.6. The molecule has 0 radical (unpaired) electrons. The third-order valence-electron chi connectivity index (χ3n) is 10.7. The molecule has 2 amide bonds. The van der Waals surface area contributed by atoms with Crippen LogP contribution in [-0.4, -0.2) is 52.8 Å². The fraction of sp³-hybridized carbons (Fsp3) is 0.548. The molecule has 0 bridgehead atoms. The molecule has 3 N–H and O–H groups in total. The summed E-state index contributed by atoms with van der Waals surface area (Å²) in [6, 6.07) is 0. The largest absolute Gasteiger partial charge is 0.431 e. The first kappa shape index (κ1) is 39.8. The van der Waals surface area contributed by atoms with Crippen molar-refractivity contribution in [2.24, 2.45) is 17.0 Å². The Hall–Kier alpha value is -3.84. The molecule has 0 aromatic carbocycles. The summed E-state index contributed by atoms with van der Waals surface area (Å²) in [5.41, 5.74) is 8.10. The standard InChI is InChI=1S/C42H54N4O7S/c1-28-10-9-13-33(24-28)39-40(31-11-5-4-6-12-31)53-42(45-39)54-27-35-25-36(30-18-16-29(17-19-30)26-43-49)52-41(51-35)32-20-22-34(23-21-32)44-37(47)14-7-2-3-8-15-38(48)46-50/h4-5,11,13,16,18-20,22,28-29,35-36,41,50H,2-3,6-10,12,14-15,17,21,23-27H2,1H3,(H,44,47)(H,46,48)/t28?,29?,35-,36+,41?/m1/s1. The van der Waals surface area contributed by atoms with Crippen LogP contribution in [0.25, 0.3) is 11.1 Å². The molecule has 11 nitrogen and oxygen atoms in total. The number of unbranched alkanes of at least 4 members (excludes halogenated alkanes) is 3. The molecule has 1 fully saturated rings. The number of nitroso groups, excluding NO2 is 1. The Kier molecular flexibility index (Phi) is 14.9. The van der Waals surface area contributed by atoms with Crippen molar-refractivity contribution in [2.75, 3.05) is 12.3 Å². The highest BCUT2D eigenvalue weighted by Crippen LogP contribution is 2.40. The second kappa shape index (κ2) is 20.2. The Morgan fingerprint density at radius 3 is 2.56 bits per heavy atom. The van der Waals surface area contributed by atoms with Gasteiger partial charge in [0.05, 0.1) is 18.8 Å². The Morgan fingerprint density at radius 2 is 1.85 bits per heavy atom. The van der Waals surface area contributed by atoms with E-state index in [1.54, 1.807) is 17.2 Å². The number of carbonyl (C=O) groups excluding carboxylic acids is 2. The van der Waals surface area contributed by atoms with E-state index in [-0.39, 0.29) is 42.9 Å². The first-order valence-corrected chi connectivity index (χ1v) is 20.7. The summed E-state index contributed by atoms with van der Waals surface area (Å²) >= 11 is 1.59. The van der Waals surface area contributed by atoms with E-state index in [2.05, 4.69) is 59.9 Å². The molecule has 1 aliphatic heterocycles. The zero-order valence-corrected chi connectivity index (χ0v) is 32.1. The molecule has 4 aliphatic carbocycles. The van der Waals surface area contributed by atoms with Crippen LogP contribution in [0.3, 0.4) is 0 Å². The summed E-state index contributed by atoms with van der Waals surface area (Å²) in [6.45, 7) is 2.58. The lowest BCUT2D eigenvalue weighted by Crippen LogP contribution is -2.41. The lowest BCUT2D eigenvalue weighted by molar-refractivity contribution is -0.209. The first-order chi connectivity index (χ1) is 26.4. The van der Waals surface area contributed by atoms with Gasteiger partial charge in [0.1, 0.15) is 5.69 Å². The normalized spacial score (nSPS) is 25.5. The number of amides is 2. The number of carbonyl (C=O) groups is 2. The SMILES string of the molecule is CC1CCC=C(c2nc(SC[C@H]3C[C@@H](C4=CCC(CN=O)C=C4)OC(C4=CC=C(NC(=O)CCCCCCC(=O)NO)CC4)O3)oc2C2=CC=CCC2)C1. The number of nitrogens with one attached hydrogen (secondary N) is 2. The number of hydrogen-bond acceptors (Lipinski definition) is 10. The average molecular weight is 759 g/mol. The molecule has 1 aromatic heterocycles. The lowest BCUT2D eigenvalue weighted by Gasteiger charge is -2.38. The summed E-state index contributed by atoms with van der Waals surface area (Å²) < 4.78 is 19.8. The van der Waals surface area contributed by atoms with E-state index in [1.807, 2.05) is 12.2 Å². The molecule has 5 atom stereocenters. The van der Waals surface area contributed by atoms with Crippen LogP contribution in [0, 0.1) is 16.7 Å². The molecule has 0 spiro atoms. The Bertz CT molecular complexity index is 1720. The lowest BCUT2D eigenvalue weighted by atomic mass is 9.87. The average Bonchev–Trinajstić information content (AvgIpc) is 3.64. The van der Waals surface area contributed by atoms with Crippen LogP contribution in [0.15, 0.2) is 86.3 Å². The minimum absolute atomic E-state index is 0.0176. The highest BCUT2D eigenvalue weighted by Gasteiger charge is 2.35. The van der Waals surface area contributed by atoms with Crippen molar-refractivity contribution < 1.29 is 28.7 Å². The van der Waals surface area contributed by atoms with Crippen LogP contribution in [-0.2, 0) is 19.1 Å². The summed E-state index contributed by atoms with van der Waals surface area (Å²) in [5.74, 6) is 1.88. The first-order valence-electron chi connectivity index (χ1n) is 19.7. The Labute approximate surface area is 322 Å². The number of hydrogen-bond donors (Lipinski definition) is 3. The van der Waals surface area contributed by atoms with Crippen molar-refractivity contribution in [3.05, 3.63) is 87.9 Å². The summed E-state index contributed by atoms with van der Waals surface area (Å²) in [4.78, 5) is 39.8. The Balaban J connectivity index is 1.11. The van der Waals surface area contributed by atoms with Crippen molar-refractivity contribution in [1.29, 1.82) is 0 Å². The molecular weight excluding hydrogens is 705 g/mol. The van der Waals surface area contributed by atoms with Crippen molar-refractivity contribution in [3.8, 4) is 0 Å². The molecule has 5 aliphatic rings. The van der Waals surface area contributed by atoms with Crippen molar-refractivity contribution in [1.82, 2.24) is 15.8 Å². The van der Waals surface area contributed by atoms with Crippen LogP contribution in [0.1, 0.15) is 115 Å². The van der Waals surface area contributed by atoms with Gasteiger partial charge < -0.3 is 19.2 Å². The van der Waals surface area contributed by atoms with Gasteiger partial charge in [0.15, 0.2) is 12.1 Å². The van der Waals surface area contributed by atoms with E-state index in [0.29, 0.717) is 49.0 Å². The second-order valence-electron chi connectivity index (χ2n) is 15.0. The molecule has 12 heteroatoms. The van der Waals surface area contributed by atoms with Gasteiger partial charge in [-0.15, -0.1) is 0 Å². The molecule has 54 heavy (non-hydrogen) atoms. The minimum atomic E-state index is -0.539. The van der Waals surface area contributed by atoms with E-state index in [9.17, 15) is 14.5 Å². The number of ether oxygens (including phenoxy) is 2. The molecular formula is C42H54N4O7S. The van der Waals surface area contributed by atoms with Gasteiger partial charge in [0, 0.05) is 36.6 Å². The monoisotopic (exact) mass is 758 g/mol. The molecule has 3 unspecified atom stereocenters. The van der Waals surface area contributed by atoms with Gasteiger partial charge in [-0.05, 0) is 98.5 Å². The van der Waals surface area contributed by atoms with Crippen LogP contribution in [0.4, 0.5) is 0 Å². The summed E-state index contributed by atoms with van der Waals surface area (Å²) in [5, 5.41) is 15.4. The smallest absolute Gasteiger partial charge is 0.256 e. The van der Waals surface area contributed by atoms with Gasteiger partial charge in [0.25, 0.3) is 5.22 Å². The Morgan fingerprint density at radius 1 is 1.00 bits per heavy atom. The third kappa shape index (κ3) is 11.3. The number of rotatable bonds is 17.